The van der Waals surface area contributed by atoms with Gasteiger partial charge >= 0.3 is 0 Å². The van der Waals surface area contributed by atoms with Crippen LogP contribution in [0, 0.1) is 34.4 Å². The molecule has 0 N–H and O–H groups in total. The van der Waals surface area contributed by atoms with Gasteiger partial charge in [-0.3, -0.25) is 9.69 Å². The van der Waals surface area contributed by atoms with Crippen molar-refractivity contribution >= 4 is 49.6 Å². The number of imidazole rings is 1. The number of carbonyl (C=O) groups excluding carboxylic acids is 1. The number of halogens is 1. The van der Waals surface area contributed by atoms with Crippen LogP contribution in [-0.2, 0) is 11.2 Å². The average Bonchev–Trinajstić information content (AvgIpc) is 3.74. The van der Waals surface area contributed by atoms with Gasteiger partial charge in [0, 0.05) is 44.8 Å². The molecule has 1 aromatic carbocycles. The summed E-state index contributed by atoms with van der Waals surface area (Å²) in [4.78, 5) is 31.5. The van der Waals surface area contributed by atoms with Gasteiger partial charge in [0.1, 0.15) is 22.5 Å². The highest BCUT2D eigenvalue weighted by Gasteiger charge is 2.34. The first-order valence-corrected chi connectivity index (χ1v) is 15.3. The van der Waals surface area contributed by atoms with Gasteiger partial charge in [-0.15, -0.1) is 5.10 Å². The Morgan fingerprint density at radius 3 is 2.60 bits per heavy atom. The topological polar surface area (TPSA) is 121 Å². The Kier molecular flexibility index (Phi) is 7.53. The highest BCUT2D eigenvalue weighted by Crippen LogP contribution is 2.38. The van der Waals surface area contributed by atoms with Crippen molar-refractivity contribution in [2.45, 2.75) is 25.8 Å². The van der Waals surface area contributed by atoms with Crippen LogP contribution < -0.4 is 9.80 Å². The maximum atomic E-state index is 13.5. The number of hydrogen-bond acceptors (Lipinski definition) is 11. The molecular formula is C28H29FN10OS2. The number of thiazole rings is 1. The van der Waals surface area contributed by atoms with Gasteiger partial charge in [-0.05, 0) is 44.2 Å². The summed E-state index contributed by atoms with van der Waals surface area (Å²) in [5, 5.41) is 25.2. The van der Waals surface area contributed by atoms with Crippen LogP contribution in [0.15, 0.2) is 24.3 Å². The van der Waals surface area contributed by atoms with Gasteiger partial charge < -0.3 is 14.7 Å². The smallest absolute Gasteiger partial charge is 0.236 e. The molecule has 42 heavy (non-hydrogen) atoms. The molecule has 2 aliphatic heterocycles. The summed E-state index contributed by atoms with van der Waals surface area (Å²) in [6.07, 6.45) is 1.62. The normalized spacial score (nSPS) is 17.1. The van der Waals surface area contributed by atoms with Crippen LogP contribution in [0.5, 0.6) is 0 Å². The minimum absolute atomic E-state index is 0.0388. The molecule has 0 saturated carbocycles. The third-order valence-electron chi connectivity index (χ3n) is 7.87. The molecule has 2 saturated heterocycles. The van der Waals surface area contributed by atoms with Crippen molar-refractivity contribution in [2.24, 2.45) is 5.92 Å². The molecule has 6 rings (SSSR count). The highest BCUT2D eigenvalue weighted by atomic mass is 32.1. The minimum Gasteiger partial charge on any atom is -0.345 e. The van der Waals surface area contributed by atoms with Gasteiger partial charge in [0.05, 0.1) is 24.2 Å². The van der Waals surface area contributed by atoms with Crippen LogP contribution in [0.3, 0.4) is 0 Å². The number of amides is 1. The number of fused-ring (bicyclic) bond motifs is 1. The van der Waals surface area contributed by atoms with Crippen molar-refractivity contribution in [3.05, 3.63) is 40.7 Å². The van der Waals surface area contributed by atoms with Crippen molar-refractivity contribution in [3.8, 4) is 23.4 Å². The molecular weight excluding hydrogens is 576 g/mol. The number of aryl methyl sites for hydroxylation is 1. The summed E-state index contributed by atoms with van der Waals surface area (Å²) in [5.41, 5.74) is 2.08. The number of hydrogen-bond donors (Lipinski definition) is 0. The van der Waals surface area contributed by atoms with E-state index in [0.717, 1.165) is 41.1 Å². The van der Waals surface area contributed by atoms with Crippen molar-refractivity contribution in [1.82, 2.24) is 29.4 Å². The molecule has 2 aliphatic rings. The van der Waals surface area contributed by atoms with Crippen LogP contribution in [-0.4, -0.2) is 88.2 Å². The Labute approximate surface area is 250 Å². The summed E-state index contributed by atoms with van der Waals surface area (Å²) < 4.78 is 15.3. The van der Waals surface area contributed by atoms with Crippen molar-refractivity contribution in [1.29, 1.82) is 10.5 Å². The minimum atomic E-state index is -0.343. The number of likely N-dealkylation sites (N-methyl/N-ethyl adjacent to an activating group) is 1. The lowest BCUT2D eigenvalue weighted by molar-refractivity contribution is -0.137. The Bertz CT molecular complexity index is 1710. The lowest BCUT2D eigenvalue weighted by Gasteiger charge is -2.37. The van der Waals surface area contributed by atoms with Crippen molar-refractivity contribution < 1.29 is 9.18 Å². The van der Waals surface area contributed by atoms with Crippen LogP contribution in [0.4, 0.5) is 20.5 Å². The maximum Gasteiger partial charge on any atom is 0.236 e. The van der Waals surface area contributed by atoms with E-state index < -0.39 is 0 Å². The molecule has 1 atom stereocenters. The predicted molar refractivity (Wildman–Crippen MR) is 159 cm³/mol. The summed E-state index contributed by atoms with van der Waals surface area (Å²) in [6, 6.07) is 10.6. The molecule has 0 unspecified atom stereocenters. The molecule has 1 amide bonds. The van der Waals surface area contributed by atoms with Gasteiger partial charge in [0.15, 0.2) is 10.9 Å². The second-order valence-corrected chi connectivity index (χ2v) is 12.5. The van der Waals surface area contributed by atoms with E-state index in [4.69, 9.17) is 20.3 Å². The van der Waals surface area contributed by atoms with E-state index in [1.54, 1.807) is 17.0 Å². The number of nitrogens with zero attached hydrogens (tertiary/aromatic N) is 10. The zero-order valence-electron chi connectivity index (χ0n) is 23.5. The fourth-order valence-corrected chi connectivity index (χ4v) is 7.17. The van der Waals surface area contributed by atoms with Gasteiger partial charge in [0.2, 0.25) is 16.0 Å². The number of rotatable bonds is 8. The van der Waals surface area contributed by atoms with E-state index in [-0.39, 0.29) is 23.7 Å². The number of nitriles is 2. The van der Waals surface area contributed by atoms with Crippen LogP contribution in [0.25, 0.3) is 16.2 Å². The Balaban J connectivity index is 1.20. The molecule has 3 aromatic heterocycles. The van der Waals surface area contributed by atoms with E-state index in [2.05, 4.69) is 21.9 Å². The standard InChI is InChI=1S/C28H29FN10OS2/c1-4-21-25(36(3)26-33-24(22(12-31)41-26)18-5-7-19(29)8-6-18)39-27(32-21)42-28(34-39)37-10-9-20(15-37)35(2)16-23(40)38-13-17(11-30)14-38/h5-8,17,20H,4,9-10,13-16H2,1-3H3/t20-/m0/s1. The Morgan fingerprint density at radius 1 is 1.14 bits per heavy atom. The third kappa shape index (κ3) is 5.06. The van der Waals surface area contributed by atoms with E-state index in [0.29, 0.717) is 47.3 Å². The lowest BCUT2D eigenvalue weighted by Crippen LogP contribution is -2.53. The number of likely N-dealkylation sites (tertiary alicyclic amines) is 1. The van der Waals surface area contributed by atoms with Crippen molar-refractivity contribution in [2.75, 3.05) is 56.6 Å². The van der Waals surface area contributed by atoms with Crippen LogP contribution in [0.1, 0.15) is 23.9 Å². The number of carbonyl (C=O) groups is 1. The summed E-state index contributed by atoms with van der Waals surface area (Å²) in [6.45, 7) is 5.02. The van der Waals surface area contributed by atoms with Gasteiger partial charge in [0.25, 0.3) is 0 Å². The second-order valence-electron chi connectivity index (χ2n) is 10.6. The molecule has 2 fully saturated rings. The predicted octanol–water partition coefficient (Wildman–Crippen LogP) is 3.75. The van der Waals surface area contributed by atoms with Gasteiger partial charge in [-0.2, -0.15) is 15.0 Å². The fraction of sp³-hybridized carbons (Fsp3) is 0.429. The Hall–Kier alpha value is -4.11. The maximum absolute atomic E-state index is 13.5. The highest BCUT2D eigenvalue weighted by molar-refractivity contribution is 7.20. The molecule has 216 valence electrons. The van der Waals surface area contributed by atoms with E-state index >= 15 is 0 Å². The van der Waals surface area contributed by atoms with E-state index in [1.807, 2.05) is 30.4 Å². The number of benzene rings is 1. The molecule has 0 radical (unpaired) electrons. The molecule has 4 aromatic rings. The monoisotopic (exact) mass is 604 g/mol. The zero-order chi connectivity index (χ0) is 29.5. The molecule has 14 heteroatoms. The molecule has 0 aliphatic carbocycles. The van der Waals surface area contributed by atoms with E-state index in [1.165, 1.54) is 34.8 Å². The van der Waals surface area contributed by atoms with E-state index in [9.17, 15) is 14.4 Å². The largest absolute Gasteiger partial charge is 0.345 e. The summed E-state index contributed by atoms with van der Waals surface area (Å²) in [5.74, 6) is 0.481. The fourth-order valence-electron chi connectivity index (χ4n) is 5.37. The first kappa shape index (κ1) is 28.0. The van der Waals surface area contributed by atoms with Gasteiger partial charge in [-0.25, -0.2) is 14.4 Å². The van der Waals surface area contributed by atoms with Crippen LogP contribution >= 0.6 is 22.7 Å². The third-order valence-corrected chi connectivity index (χ3v) is 9.88. The summed E-state index contributed by atoms with van der Waals surface area (Å²) in [7, 11) is 3.87. The molecule has 0 bridgehead atoms. The summed E-state index contributed by atoms with van der Waals surface area (Å²) >= 11 is 2.80. The molecule has 5 heterocycles. The first-order chi connectivity index (χ1) is 20.3. The number of anilines is 3. The van der Waals surface area contributed by atoms with Crippen molar-refractivity contribution in [3.63, 3.8) is 0 Å². The first-order valence-electron chi connectivity index (χ1n) is 13.7. The SMILES string of the molecule is CCc1nc2sc(N3CC[C@H](N(C)CC(=O)N4CC(C#N)C4)C3)nn2c1N(C)c1nc(-c2ccc(F)cc2)c(C#N)s1. The second kappa shape index (κ2) is 11.3. The number of aromatic nitrogens is 4. The quantitative estimate of drug-likeness (QED) is 0.296. The average molecular weight is 605 g/mol. The molecule has 0 spiro atoms. The van der Waals surface area contributed by atoms with Crippen LogP contribution in [0.2, 0.25) is 0 Å². The Morgan fingerprint density at radius 2 is 1.90 bits per heavy atom. The van der Waals surface area contributed by atoms with Gasteiger partial charge in [-0.1, -0.05) is 29.6 Å². The zero-order valence-corrected chi connectivity index (χ0v) is 25.1. The molecule has 11 nitrogen and oxygen atoms in total. The lowest BCUT2D eigenvalue weighted by atomic mass is 10.0.